The summed E-state index contributed by atoms with van der Waals surface area (Å²) < 4.78 is 4.69. The van der Waals surface area contributed by atoms with Crippen LogP contribution in [0.25, 0.3) is 0 Å². The number of methoxy groups -OCH3 is 1. The molecule has 0 aromatic rings. The monoisotopic (exact) mass is 270 g/mol. The first-order valence-corrected chi connectivity index (χ1v) is 7.21. The second-order valence-corrected chi connectivity index (χ2v) is 5.13. The average molecular weight is 270 g/mol. The van der Waals surface area contributed by atoms with Crippen molar-refractivity contribution in [3.63, 3.8) is 0 Å². The summed E-state index contributed by atoms with van der Waals surface area (Å²) in [5, 5.41) is 3.19. The van der Waals surface area contributed by atoms with Gasteiger partial charge in [-0.25, -0.2) is 0 Å². The van der Waals surface area contributed by atoms with E-state index in [0.29, 0.717) is 12.5 Å². The molecule has 0 aromatic heterocycles. The molecule has 1 amide bonds. The zero-order valence-electron chi connectivity index (χ0n) is 12.3. The third-order valence-corrected chi connectivity index (χ3v) is 3.85. The standard InChI is InChI=1S/C14H26N2O3/c1-4-11(5-2)9-16(10-13(17)19-3)14(18)12-7-6-8-15-12/h11-12,15H,4-10H2,1-3H3/t12-/m1/s1. The van der Waals surface area contributed by atoms with Crippen LogP contribution in [0.15, 0.2) is 0 Å². The second kappa shape index (κ2) is 8.15. The molecule has 1 N–H and O–H groups in total. The topological polar surface area (TPSA) is 58.6 Å². The maximum absolute atomic E-state index is 12.4. The number of rotatable bonds is 7. The van der Waals surface area contributed by atoms with Crippen LogP contribution < -0.4 is 5.32 Å². The molecule has 0 unspecified atom stereocenters. The van der Waals surface area contributed by atoms with Gasteiger partial charge in [0.05, 0.1) is 13.2 Å². The molecule has 0 bridgehead atoms. The Morgan fingerprint density at radius 3 is 2.53 bits per heavy atom. The van der Waals surface area contributed by atoms with Crippen LogP contribution in [0, 0.1) is 5.92 Å². The van der Waals surface area contributed by atoms with Gasteiger partial charge in [0, 0.05) is 6.54 Å². The van der Waals surface area contributed by atoms with Gasteiger partial charge in [-0.1, -0.05) is 26.7 Å². The maximum Gasteiger partial charge on any atom is 0.325 e. The van der Waals surface area contributed by atoms with Crippen molar-refractivity contribution in [2.24, 2.45) is 5.92 Å². The zero-order chi connectivity index (χ0) is 14.3. The van der Waals surface area contributed by atoms with Crippen molar-refractivity contribution in [2.75, 3.05) is 26.7 Å². The second-order valence-electron chi connectivity index (χ2n) is 5.13. The zero-order valence-corrected chi connectivity index (χ0v) is 12.3. The van der Waals surface area contributed by atoms with E-state index in [9.17, 15) is 9.59 Å². The van der Waals surface area contributed by atoms with Crippen molar-refractivity contribution in [2.45, 2.75) is 45.6 Å². The summed E-state index contributed by atoms with van der Waals surface area (Å²) >= 11 is 0. The Morgan fingerprint density at radius 2 is 2.05 bits per heavy atom. The van der Waals surface area contributed by atoms with E-state index in [1.54, 1.807) is 4.90 Å². The Balaban J connectivity index is 2.66. The predicted molar refractivity (Wildman–Crippen MR) is 73.7 cm³/mol. The number of esters is 1. The fourth-order valence-electron chi connectivity index (χ4n) is 2.43. The summed E-state index contributed by atoms with van der Waals surface area (Å²) in [5.41, 5.74) is 0. The van der Waals surface area contributed by atoms with Gasteiger partial charge in [-0.15, -0.1) is 0 Å². The molecule has 1 aliphatic heterocycles. The van der Waals surface area contributed by atoms with E-state index >= 15 is 0 Å². The molecule has 0 aromatic carbocycles. The molecule has 5 nitrogen and oxygen atoms in total. The van der Waals surface area contributed by atoms with Crippen molar-refractivity contribution in [3.8, 4) is 0 Å². The normalized spacial score (nSPS) is 18.6. The van der Waals surface area contributed by atoms with Crippen molar-refractivity contribution >= 4 is 11.9 Å². The molecule has 0 saturated carbocycles. The molecule has 1 atom stereocenters. The molecule has 1 heterocycles. The number of ether oxygens (including phenoxy) is 1. The first kappa shape index (κ1) is 16.0. The molecule has 1 rings (SSSR count). The van der Waals surface area contributed by atoms with Crippen LogP contribution in [0.5, 0.6) is 0 Å². The summed E-state index contributed by atoms with van der Waals surface area (Å²) in [4.78, 5) is 25.5. The maximum atomic E-state index is 12.4. The van der Waals surface area contributed by atoms with Gasteiger partial charge in [-0.3, -0.25) is 9.59 Å². The largest absolute Gasteiger partial charge is 0.468 e. The lowest BCUT2D eigenvalue weighted by molar-refractivity contribution is -0.148. The van der Waals surface area contributed by atoms with Crippen LogP contribution in [-0.4, -0.2) is 49.6 Å². The molecule has 0 radical (unpaired) electrons. The summed E-state index contributed by atoms with van der Waals surface area (Å²) in [6, 6.07) is -0.126. The van der Waals surface area contributed by atoms with Gasteiger partial charge >= 0.3 is 5.97 Å². The minimum absolute atomic E-state index is 0.0369. The minimum Gasteiger partial charge on any atom is -0.468 e. The Hall–Kier alpha value is -1.10. The van der Waals surface area contributed by atoms with Gasteiger partial charge in [0.1, 0.15) is 6.54 Å². The highest BCUT2D eigenvalue weighted by Gasteiger charge is 2.29. The van der Waals surface area contributed by atoms with Gasteiger partial charge in [0.15, 0.2) is 0 Å². The molecule has 0 aliphatic carbocycles. The van der Waals surface area contributed by atoms with E-state index in [2.05, 4.69) is 23.9 Å². The molecule has 19 heavy (non-hydrogen) atoms. The Morgan fingerprint density at radius 1 is 1.37 bits per heavy atom. The number of nitrogens with zero attached hydrogens (tertiary/aromatic N) is 1. The molecule has 110 valence electrons. The molecule has 1 saturated heterocycles. The van der Waals surface area contributed by atoms with Crippen LogP contribution in [0.3, 0.4) is 0 Å². The Labute approximate surface area is 115 Å². The molecule has 0 spiro atoms. The lowest BCUT2D eigenvalue weighted by atomic mass is 10.0. The van der Waals surface area contributed by atoms with E-state index in [0.717, 1.165) is 32.2 Å². The van der Waals surface area contributed by atoms with Crippen LogP contribution in [-0.2, 0) is 14.3 Å². The first-order chi connectivity index (χ1) is 9.12. The number of hydrogen-bond donors (Lipinski definition) is 1. The minimum atomic E-state index is -0.350. The summed E-state index contributed by atoms with van der Waals surface area (Å²) in [7, 11) is 1.36. The fourth-order valence-corrected chi connectivity index (χ4v) is 2.43. The summed E-state index contributed by atoms with van der Waals surface area (Å²) in [5.74, 6) is 0.127. The third kappa shape index (κ3) is 4.82. The smallest absolute Gasteiger partial charge is 0.325 e. The van der Waals surface area contributed by atoms with Crippen molar-refractivity contribution in [1.82, 2.24) is 10.2 Å². The number of hydrogen-bond acceptors (Lipinski definition) is 4. The first-order valence-electron chi connectivity index (χ1n) is 7.21. The molecular weight excluding hydrogens is 244 g/mol. The summed E-state index contributed by atoms with van der Waals surface area (Å²) in [6.45, 7) is 5.81. The Kier molecular flexibility index (Phi) is 6.84. The van der Waals surface area contributed by atoms with E-state index < -0.39 is 0 Å². The Bertz CT molecular complexity index is 297. The highest BCUT2D eigenvalue weighted by molar-refractivity contribution is 5.86. The molecular formula is C14H26N2O3. The van der Waals surface area contributed by atoms with Gasteiger partial charge in [0.25, 0.3) is 0 Å². The number of carbonyl (C=O) groups excluding carboxylic acids is 2. The van der Waals surface area contributed by atoms with Gasteiger partial charge in [0.2, 0.25) is 5.91 Å². The lowest BCUT2D eigenvalue weighted by Crippen LogP contribution is -2.47. The highest BCUT2D eigenvalue weighted by atomic mass is 16.5. The van der Waals surface area contributed by atoms with Gasteiger partial charge in [-0.05, 0) is 25.3 Å². The van der Waals surface area contributed by atoms with Crippen LogP contribution in [0.2, 0.25) is 0 Å². The average Bonchev–Trinajstić information content (AvgIpc) is 2.96. The molecule has 1 fully saturated rings. The summed E-state index contributed by atoms with van der Waals surface area (Å²) in [6.07, 6.45) is 3.91. The number of nitrogens with one attached hydrogen (secondary N) is 1. The fraction of sp³-hybridized carbons (Fsp3) is 0.857. The SMILES string of the molecule is CCC(CC)CN(CC(=O)OC)C(=O)[C@H]1CCCN1. The van der Waals surface area contributed by atoms with E-state index in [1.807, 2.05) is 0 Å². The molecule has 1 aliphatic rings. The van der Waals surface area contributed by atoms with Crippen LogP contribution in [0.1, 0.15) is 39.5 Å². The van der Waals surface area contributed by atoms with Crippen molar-refractivity contribution < 1.29 is 14.3 Å². The third-order valence-electron chi connectivity index (χ3n) is 3.85. The predicted octanol–water partition coefficient (Wildman–Crippen LogP) is 1.18. The van der Waals surface area contributed by atoms with Crippen molar-refractivity contribution in [3.05, 3.63) is 0 Å². The van der Waals surface area contributed by atoms with Gasteiger partial charge in [-0.2, -0.15) is 0 Å². The molecule has 5 heteroatoms. The number of amides is 1. The van der Waals surface area contributed by atoms with Crippen LogP contribution in [0.4, 0.5) is 0 Å². The van der Waals surface area contributed by atoms with E-state index in [-0.39, 0.29) is 24.5 Å². The lowest BCUT2D eigenvalue weighted by Gasteiger charge is -2.28. The highest BCUT2D eigenvalue weighted by Crippen LogP contribution is 2.14. The quantitative estimate of drug-likeness (QED) is 0.706. The van der Waals surface area contributed by atoms with Gasteiger partial charge < -0.3 is 15.0 Å². The van der Waals surface area contributed by atoms with E-state index in [4.69, 9.17) is 0 Å². The number of carbonyl (C=O) groups is 2. The van der Waals surface area contributed by atoms with E-state index in [1.165, 1.54) is 7.11 Å². The van der Waals surface area contributed by atoms with Crippen LogP contribution >= 0.6 is 0 Å². The van der Waals surface area contributed by atoms with Crippen molar-refractivity contribution in [1.29, 1.82) is 0 Å².